The molecule has 0 bridgehead atoms. The molecular formula is C17H10N4. The topological polar surface area (TPSA) is 34.5 Å². The van der Waals surface area contributed by atoms with Crippen LogP contribution in [-0.4, -0.2) is 14.4 Å². The van der Waals surface area contributed by atoms with Crippen LogP contribution in [0.4, 0.5) is 5.69 Å². The number of rotatable bonds is 1. The number of benzene rings is 1. The second kappa shape index (κ2) is 4.43. The van der Waals surface area contributed by atoms with Crippen LogP contribution in [0.1, 0.15) is 0 Å². The Balaban J connectivity index is 1.98. The summed E-state index contributed by atoms with van der Waals surface area (Å²) < 4.78 is 1.92. The molecule has 21 heavy (non-hydrogen) atoms. The smallest absolute Gasteiger partial charge is 0.192 e. The molecule has 3 heterocycles. The Labute approximate surface area is 121 Å². The lowest BCUT2D eigenvalue weighted by Crippen LogP contribution is -1.83. The zero-order valence-electron chi connectivity index (χ0n) is 11.1. The number of aromatic nitrogens is 3. The van der Waals surface area contributed by atoms with Gasteiger partial charge in [0, 0.05) is 29.5 Å². The number of nitrogens with zero attached hydrogens (tertiary/aromatic N) is 4. The molecule has 4 nitrogen and oxygen atoms in total. The van der Waals surface area contributed by atoms with E-state index in [2.05, 4.69) is 20.9 Å². The number of pyridine rings is 2. The van der Waals surface area contributed by atoms with Crippen molar-refractivity contribution >= 4 is 22.1 Å². The van der Waals surface area contributed by atoms with Crippen molar-refractivity contribution in [2.75, 3.05) is 0 Å². The zero-order valence-corrected chi connectivity index (χ0v) is 11.1. The first-order chi connectivity index (χ1) is 10.3. The van der Waals surface area contributed by atoms with E-state index in [1.807, 2.05) is 47.4 Å². The first-order valence-corrected chi connectivity index (χ1v) is 6.54. The molecule has 0 unspecified atom stereocenters. The molecule has 0 amide bonds. The first-order valence-electron chi connectivity index (χ1n) is 6.54. The lowest BCUT2D eigenvalue weighted by atomic mass is 10.1. The Morgan fingerprint density at radius 3 is 2.90 bits per heavy atom. The molecule has 0 saturated carbocycles. The lowest BCUT2D eigenvalue weighted by molar-refractivity contribution is 1.19. The van der Waals surface area contributed by atoms with Gasteiger partial charge >= 0.3 is 0 Å². The normalized spacial score (nSPS) is 10.8. The molecule has 4 heteroatoms. The minimum atomic E-state index is 0.593. The maximum Gasteiger partial charge on any atom is 0.192 e. The summed E-state index contributed by atoms with van der Waals surface area (Å²) in [6.45, 7) is 7.08. The van der Waals surface area contributed by atoms with Gasteiger partial charge in [-0.2, -0.15) is 0 Å². The van der Waals surface area contributed by atoms with Crippen LogP contribution < -0.4 is 0 Å². The fourth-order valence-electron chi connectivity index (χ4n) is 2.49. The van der Waals surface area contributed by atoms with Crippen molar-refractivity contribution in [1.82, 2.24) is 14.4 Å². The quantitative estimate of drug-likeness (QED) is 0.488. The minimum absolute atomic E-state index is 0.593. The summed E-state index contributed by atoms with van der Waals surface area (Å²) in [4.78, 5) is 12.4. The summed E-state index contributed by atoms with van der Waals surface area (Å²) in [5.74, 6) is 0. The van der Waals surface area contributed by atoms with E-state index >= 15 is 0 Å². The molecule has 4 rings (SSSR count). The van der Waals surface area contributed by atoms with Crippen molar-refractivity contribution < 1.29 is 0 Å². The molecule has 0 aliphatic rings. The van der Waals surface area contributed by atoms with Gasteiger partial charge in [-0.15, -0.1) is 0 Å². The third-order valence-corrected chi connectivity index (χ3v) is 3.52. The average molecular weight is 270 g/mol. The van der Waals surface area contributed by atoms with E-state index in [0.29, 0.717) is 5.69 Å². The summed E-state index contributed by atoms with van der Waals surface area (Å²) in [5, 5.41) is 2.22. The lowest BCUT2D eigenvalue weighted by Gasteiger charge is -2.02. The molecule has 0 saturated heterocycles. The average Bonchev–Trinajstić information content (AvgIpc) is 2.97. The maximum atomic E-state index is 7.08. The van der Waals surface area contributed by atoms with E-state index in [1.165, 1.54) is 0 Å². The molecule has 98 valence electrons. The van der Waals surface area contributed by atoms with Crippen LogP contribution in [0.3, 0.4) is 0 Å². The van der Waals surface area contributed by atoms with Crippen molar-refractivity contribution in [3.05, 3.63) is 72.6 Å². The van der Waals surface area contributed by atoms with Gasteiger partial charge in [-0.3, -0.25) is 4.98 Å². The molecule has 0 aliphatic carbocycles. The second-order valence-electron chi connectivity index (χ2n) is 4.80. The summed E-state index contributed by atoms with van der Waals surface area (Å²) in [6, 6.07) is 11.7. The number of hydrogen-bond acceptors (Lipinski definition) is 2. The highest BCUT2D eigenvalue weighted by atomic mass is 15.0. The Bertz CT molecular complexity index is 1000. The number of imidazole rings is 1. The maximum absolute atomic E-state index is 7.08. The van der Waals surface area contributed by atoms with Crippen LogP contribution >= 0.6 is 0 Å². The summed E-state index contributed by atoms with van der Waals surface area (Å²) >= 11 is 0. The van der Waals surface area contributed by atoms with Crippen molar-refractivity contribution in [3.8, 4) is 11.3 Å². The van der Waals surface area contributed by atoms with E-state index < -0.39 is 0 Å². The van der Waals surface area contributed by atoms with Crippen LogP contribution in [0.5, 0.6) is 0 Å². The van der Waals surface area contributed by atoms with Crippen LogP contribution in [0.25, 0.3) is 32.5 Å². The molecular weight excluding hydrogens is 260 g/mol. The SMILES string of the molecule is [C-]#[N+]c1ccn2cc(-c3cncc4ccccc34)nc2c1. The van der Waals surface area contributed by atoms with E-state index in [1.54, 1.807) is 12.1 Å². The van der Waals surface area contributed by atoms with Gasteiger partial charge in [0.15, 0.2) is 5.69 Å². The van der Waals surface area contributed by atoms with Gasteiger partial charge in [0.05, 0.1) is 12.3 Å². The molecule has 0 aliphatic heterocycles. The number of fused-ring (bicyclic) bond motifs is 2. The highest BCUT2D eigenvalue weighted by Gasteiger charge is 2.08. The summed E-state index contributed by atoms with van der Waals surface area (Å²) in [5.41, 5.74) is 3.23. The Hall–Kier alpha value is -3.19. The van der Waals surface area contributed by atoms with E-state index in [9.17, 15) is 0 Å². The Morgan fingerprint density at radius 1 is 1.10 bits per heavy atom. The Kier molecular flexibility index (Phi) is 2.45. The van der Waals surface area contributed by atoms with E-state index in [-0.39, 0.29) is 0 Å². The van der Waals surface area contributed by atoms with Crippen LogP contribution in [0.2, 0.25) is 0 Å². The predicted octanol–water partition coefficient (Wildman–Crippen LogP) is 4.10. The molecule has 3 aromatic heterocycles. The third kappa shape index (κ3) is 1.84. The molecule has 0 atom stereocenters. The molecule has 0 fully saturated rings. The fraction of sp³-hybridized carbons (Fsp3) is 0. The van der Waals surface area contributed by atoms with Crippen LogP contribution in [0.15, 0.2) is 61.2 Å². The monoisotopic (exact) mass is 270 g/mol. The van der Waals surface area contributed by atoms with E-state index in [4.69, 9.17) is 6.57 Å². The molecule has 1 aromatic carbocycles. The van der Waals surface area contributed by atoms with E-state index in [0.717, 1.165) is 27.7 Å². The van der Waals surface area contributed by atoms with Crippen molar-refractivity contribution in [2.45, 2.75) is 0 Å². The summed E-state index contributed by atoms with van der Waals surface area (Å²) in [6.07, 6.45) is 7.51. The van der Waals surface area contributed by atoms with Gasteiger partial charge in [0.1, 0.15) is 5.65 Å². The largest absolute Gasteiger partial charge is 0.309 e. The van der Waals surface area contributed by atoms with Gasteiger partial charge in [0.2, 0.25) is 0 Å². The van der Waals surface area contributed by atoms with Gasteiger partial charge in [-0.1, -0.05) is 24.3 Å². The minimum Gasteiger partial charge on any atom is -0.309 e. The third-order valence-electron chi connectivity index (χ3n) is 3.52. The zero-order chi connectivity index (χ0) is 14.2. The Morgan fingerprint density at radius 2 is 2.00 bits per heavy atom. The number of hydrogen-bond donors (Lipinski definition) is 0. The fourth-order valence-corrected chi connectivity index (χ4v) is 2.49. The van der Waals surface area contributed by atoms with Crippen molar-refractivity contribution in [2.24, 2.45) is 0 Å². The van der Waals surface area contributed by atoms with Crippen molar-refractivity contribution in [3.63, 3.8) is 0 Å². The van der Waals surface area contributed by atoms with Crippen LogP contribution in [-0.2, 0) is 0 Å². The molecule has 0 N–H and O–H groups in total. The molecule has 0 radical (unpaired) electrons. The van der Waals surface area contributed by atoms with Crippen molar-refractivity contribution in [1.29, 1.82) is 0 Å². The highest BCUT2D eigenvalue weighted by molar-refractivity contribution is 5.95. The molecule has 0 spiro atoms. The molecule has 4 aromatic rings. The van der Waals surface area contributed by atoms with Gasteiger partial charge < -0.3 is 4.40 Å². The highest BCUT2D eigenvalue weighted by Crippen LogP contribution is 2.27. The van der Waals surface area contributed by atoms with Crippen LogP contribution in [0, 0.1) is 6.57 Å². The standard InChI is InChI=1S/C17H10N4/c1-18-13-6-7-21-11-16(20-17(21)8-13)15-10-19-9-12-4-2-3-5-14(12)15/h2-11H. The van der Waals surface area contributed by atoms with Gasteiger partial charge in [-0.05, 0) is 23.7 Å². The summed E-state index contributed by atoms with van der Waals surface area (Å²) in [7, 11) is 0. The first kappa shape index (κ1) is 11.6. The van der Waals surface area contributed by atoms with Gasteiger partial charge in [-0.25, -0.2) is 9.83 Å². The van der Waals surface area contributed by atoms with Gasteiger partial charge in [0.25, 0.3) is 0 Å². The predicted molar refractivity (Wildman–Crippen MR) is 82.2 cm³/mol. The second-order valence-corrected chi connectivity index (χ2v) is 4.80.